The molecule has 0 radical (unpaired) electrons. The number of hydrogen-bond donors (Lipinski definition) is 3. The highest BCUT2D eigenvalue weighted by Crippen LogP contribution is 2.19. The molecule has 6 heteroatoms. The van der Waals surface area contributed by atoms with Crippen LogP contribution in [0.5, 0.6) is 0 Å². The average Bonchev–Trinajstić information content (AvgIpc) is 2.73. The number of carboxylic acid groups (broad SMARTS) is 1. The van der Waals surface area contributed by atoms with Gasteiger partial charge in [-0.1, -0.05) is 56.3 Å². The van der Waals surface area contributed by atoms with Crippen LogP contribution in [-0.2, 0) is 9.59 Å². The number of carbonyl (C=O) groups excluding carboxylic acids is 2. The number of benzene rings is 2. The Kier molecular flexibility index (Phi) is 7.75. The van der Waals surface area contributed by atoms with Crippen LogP contribution in [0.4, 0.5) is 0 Å². The maximum atomic E-state index is 12.8. The fraction of sp³-hybridized carbons (Fsp3) is 0.375. The first-order valence-corrected chi connectivity index (χ1v) is 10.1. The lowest BCUT2D eigenvalue weighted by Crippen LogP contribution is -2.53. The number of aliphatic carboxylic acids is 1. The fourth-order valence-electron chi connectivity index (χ4n) is 2.88. The summed E-state index contributed by atoms with van der Waals surface area (Å²) in [6.07, 6.45) is 0.712. The van der Waals surface area contributed by atoms with E-state index >= 15 is 0 Å². The Morgan fingerprint density at radius 1 is 0.967 bits per heavy atom. The molecule has 2 atom stereocenters. The van der Waals surface area contributed by atoms with Crippen molar-refractivity contribution in [3.8, 4) is 11.1 Å². The van der Waals surface area contributed by atoms with Crippen molar-refractivity contribution < 1.29 is 19.5 Å². The molecule has 0 aliphatic rings. The molecule has 0 saturated carbocycles. The monoisotopic (exact) mass is 410 g/mol. The van der Waals surface area contributed by atoms with E-state index < -0.39 is 29.4 Å². The highest BCUT2D eigenvalue weighted by Gasteiger charge is 2.29. The van der Waals surface area contributed by atoms with Crippen LogP contribution in [0, 0.1) is 5.92 Å². The molecular weight excluding hydrogens is 380 g/mol. The summed E-state index contributed by atoms with van der Waals surface area (Å²) in [5.74, 6) is -2.58. The molecule has 2 aromatic carbocycles. The van der Waals surface area contributed by atoms with Crippen molar-refractivity contribution in [3.05, 3.63) is 60.2 Å². The zero-order valence-corrected chi connectivity index (χ0v) is 17.9. The van der Waals surface area contributed by atoms with Crippen molar-refractivity contribution in [2.24, 2.45) is 5.92 Å². The van der Waals surface area contributed by atoms with Gasteiger partial charge in [-0.25, -0.2) is 0 Å². The lowest BCUT2D eigenvalue weighted by molar-refractivity contribution is -0.141. The number of rotatable bonds is 9. The summed E-state index contributed by atoms with van der Waals surface area (Å²) in [7, 11) is 0. The summed E-state index contributed by atoms with van der Waals surface area (Å²) in [5, 5.41) is 14.8. The van der Waals surface area contributed by atoms with E-state index in [9.17, 15) is 19.5 Å². The van der Waals surface area contributed by atoms with Crippen LogP contribution in [0.15, 0.2) is 54.6 Å². The molecule has 0 fully saturated rings. The van der Waals surface area contributed by atoms with Crippen LogP contribution in [0.25, 0.3) is 11.1 Å². The summed E-state index contributed by atoms with van der Waals surface area (Å²) < 4.78 is 0. The van der Waals surface area contributed by atoms with E-state index in [1.54, 1.807) is 12.1 Å². The molecule has 0 heterocycles. The van der Waals surface area contributed by atoms with Gasteiger partial charge in [-0.05, 0) is 49.9 Å². The van der Waals surface area contributed by atoms with E-state index in [0.29, 0.717) is 12.0 Å². The molecule has 0 unspecified atom stereocenters. The predicted octanol–water partition coefficient (Wildman–Crippen LogP) is 3.87. The molecule has 2 rings (SSSR count). The first-order valence-electron chi connectivity index (χ1n) is 10.1. The Bertz CT molecular complexity index is 876. The lowest BCUT2D eigenvalue weighted by Gasteiger charge is -2.28. The minimum atomic E-state index is -1.01. The SMILES string of the molecule is CCC(C)(C)NC(=O)[C@H](C[C@H](C)C(=O)O)NC(=O)c1ccc(-c2ccccc2)cc1. The minimum absolute atomic E-state index is 0.00873. The molecule has 0 aliphatic carbocycles. The quantitative estimate of drug-likeness (QED) is 0.585. The largest absolute Gasteiger partial charge is 0.481 e. The van der Waals surface area contributed by atoms with Crippen LogP contribution in [-0.4, -0.2) is 34.5 Å². The molecular formula is C24H30N2O4. The van der Waals surface area contributed by atoms with Gasteiger partial charge in [0, 0.05) is 11.1 Å². The van der Waals surface area contributed by atoms with Gasteiger partial charge in [0.2, 0.25) is 5.91 Å². The van der Waals surface area contributed by atoms with E-state index in [1.165, 1.54) is 6.92 Å². The number of carboxylic acids is 1. The Labute approximate surface area is 177 Å². The standard InChI is InChI=1S/C24H30N2O4/c1-5-24(3,4)26-22(28)20(15-16(2)23(29)30)25-21(27)19-13-11-18(12-14-19)17-9-7-6-8-10-17/h6-14,16,20H,5,15H2,1-4H3,(H,25,27)(H,26,28)(H,29,30)/t16-,20-/m0/s1. The molecule has 3 N–H and O–H groups in total. The minimum Gasteiger partial charge on any atom is -0.481 e. The molecule has 0 spiro atoms. The van der Waals surface area contributed by atoms with Gasteiger partial charge >= 0.3 is 5.97 Å². The van der Waals surface area contributed by atoms with E-state index in [2.05, 4.69) is 10.6 Å². The molecule has 0 aromatic heterocycles. The van der Waals surface area contributed by atoms with Gasteiger partial charge in [-0.2, -0.15) is 0 Å². The van der Waals surface area contributed by atoms with Crippen molar-refractivity contribution in [1.29, 1.82) is 0 Å². The zero-order chi connectivity index (χ0) is 22.3. The highest BCUT2D eigenvalue weighted by molar-refractivity contribution is 5.98. The average molecular weight is 411 g/mol. The Balaban J connectivity index is 2.16. The van der Waals surface area contributed by atoms with E-state index in [1.807, 2.05) is 63.2 Å². The normalized spacial score (nSPS) is 13.2. The van der Waals surface area contributed by atoms with Gasteiger partial charge in [0.15, 0.2) is 0 Å². The zero-order valence-electron chi connectivity index (χ0n) is 17.9. The summed E-state index contributed by atoms with van der Waals surface area (Å²) in [6, 6.07) is 15.9. The van der Waals surface area contributed by atoms with Gasteiger partial charge in [-0.3, -0.25) is 14.4 Å². The van der Waals surface area contributed by atoms with Crippen LogP contribution in [0.2, 0.25) is 0 Å². The molecule has 160 valence electrons. The van der Waals surface area contributed by atoms with Crippen LogP contribution >= 0.6 is 0 Å². The summed E-state index contributed by atoms with van der Waals surface area (Å²) >= 11 is 0. The Morgan fingerprint density at radius 2 is 1.53 bits per heavy atom. The van der Waals surface area contributed by atoms with E-state index in [-0.39, 0.29) is 12.3 Å². The van der Waals surface area contributed by atoms with Crippen molar-refractivity contribution in [1.82, 2.24) is 10.6 Å². The first kappa shape index (κ1) is 23.1. The fourth-order valence-corrected chi connectivity index (χ4v) is 2.88. The summed E-state index contributed by atoms with van der Waals surface area (Å²) in [5.41, 5.74) is 1.97. The highest BCUT2D eigenvalue weighted by atomic mass is 16.4. The smallest absolute Gasteiger partial charge is 0.306 e. The third-order valence-corrected chi connectivity index (χ3v) is 5.23. The molecule has 2 aromatic rings. The Hall–Kier alpha value is -3.15. The molecule has 0 aliphatic heterocycles. The van der Waals surface area contributed by atoms with Gasteiger partial charge in [0.25, 0.3) is 5.91 Å². The number of nitrogens with one attached hydrogen (secondary N) is 2. The number of hydrogen-bond acceptors (Lipinski definition) is 3. The van der Waals surface area contributed by atoms with Gasteiger partial charge in [0.1, 0.15) is 6.04 Å². The molecule has 30 heavy (non-hydrogen) atoms. The molecule has 6 nitrogen and oxygen atoms in total. The van der Waals surface area contributed by atoms with Gasteiger partial charge < -0.3 is 15.7 Å². The maximum Gasteiger partial charge on any atom is 0.306 e. The number of amides is 2. The van der Waals surface area contributed by atoms with E-state index in [4.69, 9.17) is 0 Å². The second-order valence-corrected chi connectivity index (χ2v) is 8.17. The number of carbonyl (C=O) groups is 3. The molecule has 2 amide bonds. The van der Waals surface area contributed by atoms with Crippen LogP contribution < -0.4 is 10.6 Å². The van der Waals surface area contributed by atoms with Crippen molar-refractivity contribution in [2.45, 2.75) is 52.1 Å². The summed E-state index contributed by atoms with van der Waals surface area (Å²) in [4.78, 5) is 36.8. The van der Waals surface area contributed by atoms with E-state index in [0.717, 1.165) is 11.1 Å². The van der Waals surface area contributed by atoms with Crippen LogP contribution in [0.3, 0.4) is 0 Å². The maximum absolute atomic E-state index is 12.8. The molecule has 0 saturated heterocycles. The van der Waals surface area contributed by atoms with Crippen molar-refractivity contribution in [3.63, 3.8) is 0 Å². The van der Waals surface area contributed by atoms with Crippen LogP contribution in [0.1, 0.15) is 50.9 Å². The molecule has 0 bridgehead atoms. The third-order valence-electron chi connectivity index (χ3n) is 5.23. The van der Waals surface area contributed by atoms with Gasteiger partial charge in [0.05, 0.1) is 5.92 Å². The lowest BCUT2D eigenvalue weighted by atomic mass is 9.97. The second-order valence-electron chi connectivity index (χ2n) is 8.17. The topological polar surface area (TPSA) is 95.5 Å². The Morgan fingerprint density at radius 3 is 2.07 bits per heavy atom. The second kappa shape index (κ2) is 10.1. The van der Waals surface area contributed by atoms with Crippen molar-refractivity contribution >= 4 is 17.8 Å². The predicted molar refractivity (Wildman–Crippen MR) is 117 cm³/mol. The first-order chi connectivity index (χ1) is 14.1. The van der Waals surface area contributed by atoms with Gasteiger partial charge in [-0.15, -0.1) is 0 Å². The summed E-state index contributed by atoms with van der Waals surface area (Å²) in [6.45, 7) is 7.23. The third kappa shape index (κ3) is 6.44. The van der Waals surface area contributed by atoms with Crippen molar-refractivity contribution in [2.75, 3.05) is 0 Å².